The van der Waals surface area contributed by atoms with Crippen LogP contribution < -0.4 is 16.6 Å². The standard InChI is InChI=1S/C29H24N4O3/c1-31-26-24(28(35)32(2)29(31)36)23(25(34)19-13-7-4-8-14-19)22-20-15-9-10-16-21(20)33(27(22)30-26)17-18-11-5-3-6-12-18/h3-16,23,30H,17H2,1-2H3. The molecule has 3 heterocycles. The molecule has 1 aliphatic rings. The Balaban J connectivity index is 1.70. The summed E-state index contributed by atoms with van der Waals surface area (Å²) in [5.74, 6) is 0.0103. The first-order valence-corrected chi connectivity index (χ1v) is 11.8. The number of ketones is 1. The van der Waals surface area contributed by atoms with E-state index in [1.54, 1.807) is 19.2 Å². The number of carbonyl (C=O) groups excluding carboxylic acids is 1. The number of nitrogens with zero attached hydrogens (tertiary/aromatic N) is 3. The molecule has 178 valence electrons. The van der Waals surface area contributed by atoms with Gasteiger partial charge in [-0.2, -0.15) is 0 Å². The number of hydrogen-bond acceptors (Lipinski definition) is 4. The van der Waals surface area contributed by atoms with Crippen LogP contribution in [-0.4, -0.2) is 19.5 Å². The summed E-state index contributed by atoms with van der Waals surface area (Å²) in [4.78, 5) is 40.5. The number of fused-ring (bicyclic) bond motifs is 4. The highest BCUT2D eigenvalue weighted by molar-refractivity contribution is 6.09. The summed E-state index contributed by atoms with van der Waals surface area (Å²) in [6.45, 7) is 0.560. The number of anilines is 2. The van der Waals surface area contributed by atoms with Gasteiger partial charge in [-0.15, -0.1) is 0 Å². The molecule has 7 heteroatoms. The Morgan fingerprint density at radius 1 is 0.778 bits per heavy atom. The van der Waals surface area contributed by atoms with Crippen molar-refractivity contribution in [1.82, 2.24) is 13.7 Å². The average molecular weight is 477 g/mol. The summed E-state index contributed by atoms with van der Waals surface area (Å²) in [7, 11) is 3.07. The second kappa shape index (κ2) is 8.23. The van der Waals surface area contributed by atoms with Crippen LogP contribution in [0.5, 0.6) is 0 Å². The van der Waals surface area contributed by atoms with Crippen LogP contribution in [0.15, 0.2) is 94.5 Å². The van der Waals surface area contributed by atoms with E-state index >= 15 is 0 Å². The molecule has 0 spiro atoms. The minimum atomic E-state index is -0.869. The highest BCUT2D eigenvalue weighted by Crippen LogP contribution is 2.46. The van der Waals surface area contributed by atoms with Gasteiger partial charge in [-0.1, -0.05) is 78.9 Å². The first kappa shape index (κ1) is 21.9. The Morgan fingerprint density at radius 3 is 2.14 bits per heavy atom. The number of Topliss-reactive ketones (excluding diaryl/α,β-unsaturated/α-hetero) is 1. The predicted molar refractivity (Wildman–Crippen MR) is 140 cm³/mol. The van der Waals surface area contributed by atoms with Crippen molar-refractivity contribution in [3.05, 3.63) is 128 Å². The molecule has 1 aliphatic heterocycles. The van der Waals surface area contributed by atoms with Crippen molar-refractivity contribution in [2.75, 3.05) is 5.32 Å². The molecular weight excluding hydrogens is 452 g/mol. The fraction of sp³-hybridized carbons (Fsp3) is 0.138. The largest absolute Gasteiger partial charge is 0.332 e. The van der Waals surface area contributed by atoms with Crippen LogP contribution >= 0.6 is 0 Å². The van der Waals surface area contributed by atoms with Gasteiger partial charge < -0.3 is 9.88 Å². The summed E-state index contributed by atoms with van der Waals surface area (Å²) in [6.07, 6.45) is 0. The zero-order valence-electron chi connectivity index (χ0n) is 19.9. The highest BCUT2D eigenvalue weighted by Gasteiger charge is 2.40. The van der Waals surface area contributed by atoms with Crippen molar-refractivity contribution in [3.8, 4) is 0 Å². The van der Waals surface area contributed by atoms with Crippen LogP contribution in [0, 0.1) is 0 Å². The molecule has 0 amide bonds. The molecule has 0 radical (unpaired) electrons. The molecule has 0 saturated carbocycles. The van der Waals surface area contributed by atoms with Crippen LogP contribution in [0.25, 0.3) is 10.9 Å². The molecule has 3 aromatic carbocycles. The lowest BCUT2D eigenvalue weighted by Crippen LogP contribution is -2.43. The zero-order chi connectivity index (χ0) is 25.0. The van der Waals surface area contributed by atoms with E-state index in [0.29, 0.717) is 23.7 Å². The zero-order valence-corrected chi connectivity index (χ0v) is 19.9. The summed E-state index contributed by atoms with van der Waals surface area (Å²) in [6, 6.07) is 27.0. The van der Waals surface area contributed by atoms with E-state index in [0.717, 1.165) is 26.6 Å². The SMILES string of the molecule is Cn1c2c(c(=O)n(C)c1=O)C(C(=O)c1ccccc1)c1c(n(Cc3ccccc3)c3ccccc13)N2. The van der Waals surface area contributed by atoms with Gasteiger partial charge in [0.05, 0.1) is 17.0 Å². The van der Waals surface area contributed by atoms with Crippen LogP contribution in [-0.2, 0) is 20.6 Å². The molecule has 6 rings (SSSR count). The highest BCUT2D eigenvalue weighted by atomic mass is 16.2. The molecule has 2 aromatic heterocycles. The van der Waals surface area contributed by atoms with Crippen molar-refractivity contribution in [1.29, 1.82) is 0 Å². The van der Waals surface area contributed by atoms with E-state index in [-0.39, 0.29) is 11.3 Å². The van der Waals surface area contributed by atoms with Gasteiger partial charge in [-0.3, -0.25) is 18.7 Å². The number of para-hydroxylation sites is 1. The lowest BCUT2D eigenvalue weighted by Gasteiger charge is -2.29. The molecule has 36 heavy (non-hydrogen) atoms. The van der Waals surface area contributed by atoms with E-state index < -0.39 is 17.2 Å². The number of nitrogens with one attached hydrogen (secondary N) is 1. The van der Waals surface area contributed by atoms with Crippen molar-refractivity contribution >= 4 is 28.3 Å². The van der Waals surface area contributed by atoms with E-state index in [4.69, 9.17) is 0 Å². The Hall–Kier alpha value is -4.65. The molecule has 7 nitrogen and oxygen atoms in total. The van der Waals surface area contributed by atoms with Crippen LogP contribution in [0.4, 0.5) is 11.6 Å². The molecule has 0 aliphatic carbocycles. The van der Waals surface area contributed by atoms with Gasteiger partial charge in [-0.25, -0.2) is 4.79 Å². The van der Waals surface area contributed by atoms with E-state index in [1.165, 1.54) is 11.6 Å². The number of benzene rings is 3. The predicted octanol–water partition coefficient (Wildman–Crippen LogP) is 4.16. The van der Waals surface area contributed by atoms with E-state index in [1.807, 2.05) is 60.7 Å². The molecule has 0 saturated heterocycles. The number of hydrogen-bond donors (Lipinski definition) is 1. The third kappa shape index (κ3) is 3.16. The van der Waals surface area contributed by atoms with Crippen LogP contribution in [0.1, 0.15) is 33.0 Å². The number of rotatable bonds is 4. The van der Waals surface area contributed by atoms with E-state index in [2.05, 4.69) is 22.0 Å². The van der Waals surface area contributed by atoms with Crippen LogP contribution in [0.2, 0.25) is 0 Å². The first-order chi connectivity index (χ1) is 17.5. The maximum absolute atomic E-state index is 14.1. The summed E-state index contributed by atoms with van der Waals surface area (Å²) in [5, 5.41) is 4.29. The first-order valence-electron chi connectivity index (χ1n) is 11.8. The molecule has 0 fully saturated rings. The van der Waals surface area contributed by atoms with Gasteiger partial charge in [0.25, 0.3) is 5.56 Å². The fourth-order valence-corrected chi connectivity index (χ4v) is 5.26. The fourth-order valence-electron chi connectivity index (χ4n) is 5.26. The minimum absolute atomic E-state index is 0.182. The van der Waals surface area contributed by atoms with Gasteiger partial charge in [0.15, 0.2) is 5.78 Å². The monoisotopic (exact) mass is 476 g/mol. The molecular formula is C29H24N4O3. The van der Waals surface area contributed by atoms with Crippen molar-refractivity contribution < 1.29 is 4.79 Å². The normalized spacial score (nSPS) is 14.2. The van der Waals surface area contributed by atoms with Crippen LogP contribution in [0.3, 0.4) is 0 Å². The van der Waals surface area contributed by atoms with Gasteiger partial charge in [-0.05, 0) is 11.6 Å². The van der Waals surface area contributed by atoms with Gasteiger partial charge in [0, 0.05) is 37.2 Å². The van der Waals surface area contributed by atoms with Gasteiger partial charge >= 0.3 is 5.69 Å². The number of aromatic nitrogens is 3. The Labute approximate surface area is 206 Å². The maximum Gasteiger partial charge on any atom is 0.332 e. The summed E-state index contributed by atoms with van der Waals surface area (Å²) in [5.41, 5.74) is 2.66. The molecule has 1 N–H and O–H groups in total. The minimum Gasteiger partial charge on any atom is -0.327 e. The van der Waals surface area contributed by atoms with Gasteiger partial charge in [0.2, 0.25) is 0 Å². The third-order valence-electron chi connectivity index (χ3n) is 7.03. The van der Waals surface area contributed by atoms with Crippen molar-refractivity contribution in [2.24, 2.45) is 14.1 Å². The second-order valence-corrected chi connectivity index (χ2v) is 9.11. The average Bonchev–Trinajstić information content (AvgIpc) is 3.23. The number of carbonyl (C=O) groups is 1. The topological polar surface area (TPSA) is 78.0 Å². The second-order valence-electron chi connectivity index (χ2n) is 9.11. The molecule has 1 atom stereocenters. The quantitative estimate of drug-likeness (QED) is 0.395. The Morgan fingerprint density at radius 2 is 1.42 bits per heavy atom. The summed E-state index contributed by atoms with van der Waals surface area (Å²) >= 11 is 0. The van der Waals surface area contributed by atoms with Gasteiger partial charge in [0.1, 0.15) is 11.6 Å². The molecule has 0 bridgehead atoms. The van der Waals surface area contributed by atoms with E-state index in [9.17, 15) is 14.4 Å². The van der Waals surface area contributed by atoms with Crippen molar-refractivity contribution in [3.63, 3.8) is 0 Å². The third-order valence-corrected chi connectivity index (χ3v) is 7.03. The molecule has 1 unspecified atom stereocenters. The smallest absolute Gasteiger partial charge is 0.327 e. The maximum atomic E-state index is 14.1. The Bertz CT molecular complexity index is 1760. The summed E-state index contributed by atoms with van der Waals surface area (Å²) < 4.78 is 4.60. The lowest BCUT2D eigenvalue weighted by atomic mass is 9.82. The van der Waals surface area contributed by atoms with Crippen molar-refractivity contribution in [2.45, 2.75) is 12.5 Å². The Kier molecular flexibility index (Phi) is 5.00. The lowest BCUT2D eigenvalue weighted by molar-refractivity contribution is 0.0973. The molecule has 5 aromatic rings.